The second-order valence-corrected chi connectivity index (χ2v) is 7.25. The molecule has 132 valence electrons. The predicted octanol–water partition coefficient (Wildman–Crippen LogP) is 1.89. The quantitative estimate of drug-likeness (QED) is 0.918. The summed E-state index contributed by atoms with van der Waals surface area (Å²) in [5.74, 6) is -0.447. The Morgan fingerprint density at radius 1 is 1.08 bits per heavy atom. The number of piperazine rings is 1. The summed E-state index contributed by atoms with van der Waals surface area (Å²) in [6, 6.07) is 5.37. The fraction of sp³-hybridized carbons (Fsp3) is 0.556. The number of carbonyl (C=O) groups excluding carboxylic acids is 2. The van der Waals surface area contributed by atoms with E-state index in [0.717, 1.165) is 0 Å². The first-order valence-electron chi connectivity index (χ1n) is 8.28. The van der Waals surface area contributed by atoms with Crippen LogP contribution in [0.15, 0.2) is 24.3 Å². The van der Waals surface area contributed by atoms with Gasteiger partial charge in [0.25, 0.3) is 5.91 Å². The van der Waals surface area contributed by atoms with E-state index in [2.05, 4.69) is 10.2 Å². The van der Waals surface area contributed by atoms with Crippen LogP contribution in [0.1, 0.15) is 38.1 Å². The van der Waals surface area contributed by atoms with Crippen molar-refractivity contribution < 1.29 is 14.0 Å². The number of halogens is 1. The lowest BCUT2D eigenvalue weighted by Crippen LogP contribution is -2.56. The van der Waals surface area contributed by atoms with Gasteiger partial charge in [-0.1, -0.05) is 0 Å². The van der Waals surface area contributed by atoms with E-state index in [4.69, 9.17) is 0 Å². The molecule has 1 atom stereocenters. The summed E-state index contributed by atoms with van der Waals surface area (Å²) in [5, 5.41) is 2.98. The number of hydrogen-bond donors (Lipinski definition) is 1. The van der Waals surface area contributed by atoms with Crippen LogP contribution in [0.3, 0.4) is 0 Å². The van der Waals surface area contributed by atoms with Crippen LogP contribution in [0, 0.1) is 5.82 Å². The van der Waals surface area contributed by atoms with E-state index >= 15 is 0 Å². The lowest BCUT2D eigenvalue weighted by molar-refractivity contribution is -0.127. The number of benzene rings is 1. The third-order valence-corrected chi connectivity index (χ3v) is 4.12. The van der Waals surface area contributed by atoms with Crippen molar-refractivity contribution >= 4 is 11.8 Å². The minimum absolute atomic E-state index is 0.000751. The Bertz CT molecular complexity index is 587. The normalized spacial score (nSPS) is 17.5. The van der Waals surface area contributed by atoms with Crippen molar-refractivity contribution in [2.75, 3.05) is 26.2 Å². The zero-order valence-electron chi connectivity index (χ0n) is 14.8. The summed E-state index contributed by atoms with van der Waals surface area (Å²) in [4.78, 5) is 28.5. The fourth-order valence-electron chi connectivity index (χ4n) is 2.73. The Morgan fingerprint density at radius 3 is 2.12 bits per heavy atom. The molecule has 24 heavy (non-hydrogen) atoms. The molecule has 0 saturated carbocycles. The van der Waals surface area contributed by atoms with E-state index in [1.54, 1.807) is 4.90 Å². The molecule has 0 bridgehead atoms. The van der Waals surface area contributed by atoms with Crippen LogP contribution in [0.25, 0.3) is 0 Å². The number of hydrogen-bond acceptors (Lipinski definition) is 3. The van der Waals surface area contributed by atoms with Crippen LogP contribution in [0.2, 0.25) is 0 Å². The summed E-state index contributed by atoms with van der Waals surface area (Å²) in [5.41, 5.74) is 0.231. The van der Waals surface area contributed by atoms with Crippen LogP contribution in [0.5, 0.6) is 0 Å². The summed E-state index contributed by atoms with van der Waals surface area (Å²) in [6.45, 7) is 10.2. The lowest BCUT2D eigenvalue weighted by Gasteiger charge is -2.38. The van der Waals surface area contributed by atoms with Crippen LogP contribution in [0.4, 0.5) is 4.39 Å². The summed E-state index contributed by atoms with van der Waals surface area (Å²) in [6.07, 6.45) is 0. The first kappa shape index (κ1) is 18.4. The highest BCUT2D eigenvalue weighted by Gasteiger charge is 2.29. The van der Waals surface area contributed by atoms with Gasteiger partial charge in [-0.3, -0.25) is 14.5 Å². The highest BCUT2D eigenvalue weighted by Crippen LogP contribution is 2.12. The summed E-state index contributed by atoms with van der Waals surface area (Å²) in [7, 11) is 0. The smallest absolute Gasteiger partial charge is 0.253 e. The molecular formula is C18H26FN3O2. The third kappa shape index (κ3) is 4.77. The van der Waals surface area contributed by atoms with Gasteiger partial charge in [0.2, 0.25) is 5.91 Å². The molecular weight excluding hydrogens is 309 g/mol. The minimum atomic E-state index is -0.352. The van der Waals surface area contributed by atoms with Crippen LogP contribution >= 0.6 is 0 Å². The van der Waals surface area contributed by atoms with Gasteiger partial charge in [-0.15, -0.1) is 0 Å². The number of rotatable bonds is 3. The average molecular weight is 335 g/mol. The molecule has 1 saturated heterocycles. The third-order valence-electron chi connectivity index (χ3n) is 4.12. The maximum absolute atomic E-state index is 13.0. The van der Waals surface area contributed by atoms with E-state index < -0.39 is 0 Å². The van der Waals surface area contributed by atoms with E-state index in [1.807, 2.05) is 27.7 Å². The molecule has 6 heteroatoms. The van der Waals surface area contributed by atoms with Gasteiger partial charge in [0.15, 0.2) is 0 Å². The molecule has 1 heterocycles. The number of nitrogens with zero attached hydrogens (tertiary/aromatic N) is 2. The lowest BCUT2D eigenvalue weighted by atomic mass is 10.1. The maximum Gasteiger partial charge on any atom is 0.253 e. The maximum atomic E-state index is 13.0. The molecule has 1 aliphatic heterocycles. The molecule has 1 fully saturated rings. The topological polar surface area (TPSA) is 52.7 Å². The summed E-state index contributed by atoms with van der Waals surface area (Å²) < 4.78 is 13.0. The molecule has 2 rings (SSSR count). The van der Waals surface area contributed by atoms with Gasteiger partial charge in [-0.05, 0) is 52.0 Å². The van der Waals surface area contributed by atoms with Crippen molar-refractivity contribution in [1.82, 2.24) is 15.1 Å². The predicted molar refractivity (Wildman–Crippen MR) is 91.2 cm³/mol. The van der Waals surface area contributed by atoms with Gasteiger partial charge in [0, 0.05) is 37.3 Å². The first-order valence-corrected chi connectivity index (χ1v) is 8.28. The molecule has 2 amide bonds. The van der Waals surface area contributed by atoms with Crippen molar-refractivity contribution in [3.63, 3.8) is 0 Å². The van der Waals surface area contributed by atoms with Crippen molar-refractivity contribution in [2.24, 2.45) is 0 Å². The minimum Gasteiger partial charge on any atom is -0.350 e. The van der Waals surface area contributed by atoms with Crippen molar-refractivity contribution in [3.8, 4) is 0 Å². The number of nitrogens with one attached hydrogen (secondary N) is 1. The molecule has 0 aliphatic carbocycles. The Morgan fingerprint density at radius 2 is 1.62 bits per heavy atom. The second-order valence-electron chi connectivity index (χ2n) is 7.25. The van der Waals surface area contributed by atoms with E-state index in [1.165, 1.54) is 24.3 Å². The van der Waals surface area contributed by atoms with Gasteiger partial charge < -0.3 is 10.2 Å². The van der Waals surface area contributed by atoms with Gasteiger partial charge in [-0.25, -0.2) is 4.39 Å². The average Bonchev–Trinajstić information content (AvgIpc) is 2.53. The van der Waals surface area contributed by atoms with Gasteiger partial charge in [-0.2, -0.15) is 0 Å². The Hall–Kier alpha value is -1.95. The summed E-state index contributed by atoms with van der Waals surface area (Å²) >= 11 is 0. The Labute approximate surface area is 142 Å². The molecule has 1 aromatic rings. The molecule has 5 nitrogen and oxygen atoms in total. The van der Waals surface area contributed by atoms with Crippen molar-refractivity contribution in [1.29, 1.82) is 0 Å². The molecule has 1 aromatic carbocycles. The van der Waals surface area contributed by atoms with E-state index in [0.29, 0.717) is 31.7 Å². The standard InChI is InChI=1S/C18H26FN3O2/c1-13(16(23)20-18(2,3)4)21-9-11-22(12-10-21)17(24)14-5-7-15(19)8-6-14/h5-8,13H,9-12H2,1-4H3,(H,20,23). The van der Waals surface area contributed by atoms with Crippen LogP contribution < -0.4 is 5.32 Å². The Balaban J connectivity index is 1.90. The SMILES string of the molecule is CC(C(=O)NC(C)(C)C)N1CCN(C(=O)c2ccc(F)cc2)CC1. The molecule has 0 radical (unpaired) electrons. The van der Waals surface area contributed by atoms with Crippen LogP contribution in [-0.4, -0.2) is 59.4 Å². The fourth-order valence-corrected chi connectivity index (χ4v) is 2.73. The molecule has 1 unspecified atom stereocenters. The molecule has 0 aromatic heterocycles. The van der Waals surface area contributed by atoms with E-state index in [-0.39, 0.29) is 29.2 Å². The first-order chi connectivity index (χ1) is 11.2. The van der Waals surface area contributed by atoms with Crippen molar-refractivity contribution in [2.45, 2.75) is 39.3 Å². The zero-order chi connectivity index (χ0) is 17.9. The number of carbonyl (C=O) groups is 2. The van der Waals surface area contributed by atoms with E-state index in [9.17, 15) is 14.0 Å². The van der Waals surface area contributed by atoms with Gasteiger partial charge in [0.1, 0.15) is 5.82 Å². The second kappa shape index (κ2) is 7.30. The van der Waals surface area contributed by atoms with Gasteiger partial charge in [0.05, 0.1) is 6.04 Å². The monoisotopic (exact) mass is 335 g/mol. The zero-order valence-corrected chi connectivity index (χ0v) is 14.8. The molecule has 1 aliphatic rings. The van der Waals surface area contributed by atoms with Crippen molar-refractivity contribution in [3.05, 3.63) is 35.6 Å². The Kier molecular flexibility index (Phi) is 5.59. The highest BCUT2D eigenvalue weighted by atomic mass is 19.1. The highest BCUT2D eigenvalue weighted by molar-refractivity contribution is 5.94. The largest absolute Gasteiger partial charge is 0.350 e. The molecule has 1 N–H and O–H groups in total. The number of amides is 2. The van der Waals surface area contributed by atoms with Crippen LogP contribution in [-0.2, 0) is 4.79 Å². The molecule has 0 spiro atoms. The van der Waals surface area contributed by atoms with Gasteiger partial charge >= 0.3 is 0 Å².